The Labute approximate surface area is 202 Å². The number of hydrogen-bond donors (Lipinski definition) is 3. The van der Waals surface area contributed by atoms with Crippen molar-refractivity contribution in [2.24, 2.45) is 5.92 Å². The zero-order chi connectivity index (χ0) is 23.7. The minimum Gasteiger partial charge on any atom is -0.492 e. The van der Waals surface area contributed by atoms with Gasteiger partial charge in [-0.25, -0.2) is 13.1 Å². The fourth-order valence-corrected chi connectivity index (χ4v) is 4.17. The summed E-state index contributed by atoms with van der Waals surface area (Å²) in [4.78, 5) is 12.6. The van der Waals surface area contributed by atoms with E-state index in [0.717, 1.165) is 6.42 Å². The lowest BCUT2D eigenvalue weighted by molar-refractivity contribution is 0.0977. The third-order valence-electron chi connectivity index (χ3n) is 4.21. The molecule has 0 aliphatic carbocycles. The minimum absolute atomic E-state index is 0.0868. The summed E-state index contributed by atoms with van der Waals surface area (Å²) in [6, 6.07) is 11.0. The Bertz CT molecular complexity index is 1070. The van der Waals surface area contributed by atoms with Crippen LogP contribution in [0.1, 0.15) is 30.6 Å². The number of anilines is 1. The topological polar surface area (TPSA) is 96.5 Å². The SMILES string of the molecule is C=CCNS(=O)(=O)c1ccc(NC(=S)NC(=O)c2ccc(OCCC(C)C)c(Br)c2)cc1. The van der Waals surface area contributed by atoms with Crippen LogP contribution in [0.4, 0.5) is 5.69 Å². The summed E-state index contributed by atoms with van der Waals surface area (Å²) in [7, 11) is -3.61. The van der Waals surface area contributed by atoms with Gasteiger partial charge in [0.1, 0.15) is 5.75 Å². The van der Waals surface area contributed by atoms with Crippen molar-refractivity contribution in [3.05, 3.63) is 65.2 Å². The van der Waals surface area contributed by atoms with Crippen LogP contribution in [-0.4, -0.2) is 32.6 Å². The molecule has 0 unspecified atom stereocenters. The Morgan fingerprint density at radius 2 is 1.91 bits per heavy atom. The van der Waals surface area contributed by atoms with Crippen LogP contribution in [-0.2, 0) is 10.0 Å². The molecule has 1 amide bonds. The van der Waals surface area contributed by atoms with E-state index < -0.39 is 10.0 Å². The van der Waals surface area contributed by atoms with E-state index in [1.54, 1.807) is 30.3 Å². The summed E-state index contributed by atoms with van der Waals surface area (Å²) in [5.41, 5.74) is 0.944. The lowest BCUT2D eigenvalue weighted by atomic mass is 10.1. The number of carbonyl (C=O) groups is 1. The number of rotatable bonds is 10. The van der Waals surface area contributed by atoms with Gasteiger partial charge in [-0.15, -0.1) is 6.58 Å². The smallest absolute Gasteiger partial charge is 0.257 e. The predicted octanol–water partition coefficient (Wildman–Crippen LogP) is 4.47. The summed E-state index contributed by atoms with van der Waals surface area (Å²) in [6.45, 7) is 8.47. The second-order valence-corrected chi connectivity index (χ2v) is 10.3. The summed E-state index contributed by atoms with van der Waals surface area (Å²) < 4.78 is 33.0. The highest BCUT2D eigenvalue weighted by Gasteiger charge is 2.14. The van der Waals surface area contributed by atoms with Gasteiger partial charge < -0.3 is 10.1 Å². The highest BCUT2D eigenvalue weighted by molar-refractivity contribution is 9.10. The van der Waals surface area contributed by atoms with Gasteiger partial charge in [-0.2, -0.15) is 0 Å². The van der Waals surface area contributed by atoms with Gasteiger partial charge in [0.15, 0.2) is 5.11 Å². The molecule has 2 rings (SSSR count). The monoisotopic (exact) mass is 539 g/mol. The molecule has 0 radical (unpaired) electrons. The first-order valence-electron chi connectivity index (χ1n) is 9.87. The molecule has 3 N–H and O–H groups in total. The van der Waals surface area contributed by atoms with Crippen molar-refractivity contribution >= 4 is 54.9 Å². The highest BCUT2D eigenvalue weighted by Crippen LogP contribution is 2.26. The van der Waals surface area contributed by atoms with E-state index >= 15 is 0 Å². The first-order chi connectivity index (χ1) is 15.1. The molecule has 2 aromatic rings. The molecule has 0 aliphatic rings. The maximum Gasteiger partial charge on any atom is 0.257 e. The van der Waals surface area contributed by atoms with Gasteiger partial charge >= 0.3 is 0 Å². The number of amides is 1. The standard InChI is InChI=1S/C22H26BrN3O4S2/c1-4-12-24-32(28,29)18-8-6-17(7-9-18)25-22(31)26-21(27)16-5-10-20(19(23)14-16)30-13-11-15(2)3/h4-10,14-15,24H,1,11-13H2,2-3H3,(H2,25,26,27,31). The highest BCUT2D eigenvalue weighted by atomic mass is 79.9. The molecule has 32 heavy (non-hydrogen) atoms. The number of sulfonamides is 1. The van der Waals surface area contributed by atoms with Gasteiger partial charge in [0.25, 0.3) is 5.91 Å². The van der Waals surface area contributed by atoms with E-state index in [4.69, 9.17) is 17.0 Å². The van der Waals surface area contributed by atoms with Gasteiger partial charge in [0.2, 0.25) is 10.0 Å². The Hall–Kier alpha value is -2.27. The zero-order valence-corrected chi connectivity index (χ0v) is 21.1. The molecule has 10 heteroatoms. The van der Waals surface area contributed by atoms with E-state index in [1.807, 2.05) is 0 Å². The number of thiocarbonyl (C=S) groups is 1. The Morgan fingerprint density at radius 1 is 1.22 bits per heavy atom. The first-order valence-corrected chi connectivity index (χ1v) is 12.6. The van der Waals surface area contributed by atoms with E-state index in [0.29, 0.717) is 34.0 Å². The van der Waals surface area contributed by atoms with Crippen LogP contribution in [0.2, 0.25) is 0 Å². The molecule has 0 heterocycles. The molecule has 0 saturated heterocycles. The molecule has 172 valence electrons. The zero-order valence-electron chi connectivity index (χ0n) is 17.9. The first kappa shape index (κ1) is 26.0. The maximum atomic E-state index is 12.5. The average Bonchev–Trinajstić information content (AvgIpc) is 2.73. The summed E-state index contributed by atoms with van der Waals surface area (Å²) in [5.74, 6) is 0.826. The van der Waals surface area contributed by atoms with Crippen molar-refractivity contribution in [1.82, 2.24) is 10.0 Å². The lowest BCUT2D eigenvalue weighted by Gasteiger charge is -2.12. The molecule has 0 spiro atoms. The number of hydrogen-bond acceptors (Lipinski definition) is 5. The number of halogens is 1. The van der Waals surface area contributed by atoms with Crippen LogP contribution >= 0.6 is 28.1 Å². The molecule has 2 aromatic carbocycles. The van der Waals surface area contributed by atoms with Crippen LogP contribution in [0.5, 0.6) is 5.75 Å². The number of nitrogens with one attached hydrogen (secondary N) is 3. The molecule has 0 bridgehead atoms. The summed E-state index contributed by atoms with van der Waals surface area (Å²) >= 11 is 8.62. The van der Waals surface area contributed by atoms with Crippen LogP contribution in [0.25, 0.3) is 0 Å². The van der Waals surface area contributed by atoms with E-state index in [-0.39, 0.29) is 22.5 Å². The van der Waals surface area contributed by atoms with Crippen LogP contribution in [0.15, 0.2) is 64.5 Å². The molecule has 0 saturated carbocycles. The summed E-state index contributed by atoms with van der Waals surface area (Å²) in [5, 5.41) is 5.55. The van der Waals surface area contributed by atoms with Crippen molar-refractivity contribution in [2.45, 2.75) is 25.2 Å². The van der Waals surface area contributed by atoms with E-state index in [2.05, 4.69) is 51.7 Å². The second kappa shape index (κ2) is 12.1. The molecule has 0 atom stereocenters. The van der Waals surface area contributed by atoms with Crippen LogP contribution < -0.4 is 20.1 Å². The molecular weight excluding hydrogens is 514 g/mol. The maximum absolute atomic E-state index is 12.5. The van der Waals surface area contributed by atoms with Gasteiger partial charge in [0.05, 0.1) is 16.0 Å². The Morgan fingerprint density at radius 3 is 2.50 bits per heavy atom. The Kier molecular flexibility index (Phi) is 9.83. The van der Waals surface area contributed by atoms with Crippen molar-refractivity contribution in [3.63, 3.8) is 0 Å². The predicted molar refractivity (Wildman–Crippen MR) is 135 cm³/mol. The van der Waals surface area contributed by atoms with Gasteiger partial charge in [-0.05, 0) is 83.0 Å². The van der Waals surface area contributed by atoms with Gasteiger partial charge in [-0.3, -0.25) is 10.1 Å². The van der Waals surface area contributed by atoms with Gasteiger partial charge in [0, 0.05) is 17.8 Å². The fourth-order valence-electron chi connectivity index (χ4n) is 2.47. The Balaban J connectivity index is 1.94. The molecule has 0 fully saturated rings. The summed E-state index contributed by atoms with van der Waals surface area (Å²) in [6.07, 6.45) is 2.40. The van der Waals surface area contributed by atoms with E-state index in [1.165, 1.54) is 18.2 Å². The number of ether oxygens (including phenoxy) is 1. The van der Waals surface area contributed by atoms with Crippen LogP contribution in [0, 0.1) is 5.92 Å². The fraction of sp³-hybridized carbons (Fsp3) is 0.273. The van der Waals surface area contributed by atoms with Crippen LogP contribution in [0.3, 0.4) is 0 Å². The van der Waals surface area contributed by atoms with Crippen molar-refractivity contribution < 1.29 is 17.9 Å². The minimum atomic E-state index is -3.61. The number of carbonyl (C=O) groups excluding carboxylic acids is 1. The molecule has 0 aliphatic heterocycles. The van der Waals surface area contributed by atoms with Crippen molar-refractivity contribution in [1.29, 1.82) is 0 Å². The van der Waals surface area contributed by atoms with Crippen molar-refractivity contribution in [3.8, 4) is 5.75 Å². The largest absolute Gasteiger partial charge is 0.492 e. The third kappa shape index (κ3) is 8.01. The molecule has 7 nitrogen and oxygen atoms in total. The molecule has 0 aromatic heterocycles. The average molecular weight is 541 g/mol. The van der Waals surface area contributed by atoms with Gasteiger partial charge in [-0.1, -0.05) is 19.9 Å². The lowest BCUT2D eigenvalue weighted by Crippen LogP contribution is -2.34. The second-order valence-electron chi connectivity index (χ2n) is 7.25. The normalized spacial score (nSPS) is 11.1. The quantitative estimate of drug-likeness (QED) is 0.304. The molecular formula is C22H26BrN3O4S2. The number of benzene rings is 2. The van der Waals surface area contributed by atoms with E-state index in [9.17, 15) is 13.2 Å². The van der Waals surface area contributed by atoms with Crippen molar-refractivity contribution in [2.75, 3.05) is 18.5 Å². The third-order valence-corrected chi connectivity index (χ3v) is 6.48.